The summed E-state index contributed by atoms with van der Waals surface area (Å²) in [7, 11) is 1.51. The van der Waals surface area contributed by atoms with Crippen LogP contribution in [0.5, 0.6) is 5.75 Å². The quantitative estimate of drug-likeness (QED) is 0.809. The molecule has 1 atom stereocenters. The van der Waals surface area contributed by atoms with Crippen LogP contribution in [0.25, 0.3) is 0 Å². The minimum atomic E-state index is -0.176. The van der Waals surface area contributed by atoms with Crippen LogP contribution in [0.4, 0.5) is 5.69 Å². The van der Waals surface area contributed by atoms with Gasteiger partial charge in [-0.1, -0.05) is 11.6 Å². The number of nitrogens with two attached hydrogens (primary N) is 1. The van der Waals surface area contributed by atoms with Gasteiger partial charge in [-0.05, 0) is 45.2 Å². The summed E-state index contributed by atoms with van der Waals surface area (Å²) in [6.07, 6.45) is 2.32. The van der Waals surface area contributed by atoms with E-state index < -0.39 is 0 Å². The SMILES string of the molecule is COc1cc(N)c(Cl)cc1C(=O)NCC1CCCN(C(C)C)C1. The van der Waals surface area contributed by atoms with E-state index in [4.69, 9.17) is 22.1 Å². The fraction of sp³-hybridized carbons (Fsp3) is 0.588. The van der Waals surface area contributed by atoms with E-state index in [9.17, 15) is 4.79 Å². The zero-order chi connectivity index (χ0) is 17.0. The van der Waals surface area contributed by atoms with E-state index in [1.165, 1.54) is 13.5 Å². The summed E-state index contributed by atoms with van der Waals surface area (Å²) in [6.45, 7) is 7.25. The Bertz CT molecular complexity index is 563. The number of rotatable bonds is 5. The third kappa shape index (κ3) is 4.52. The maximum Gasteiger partial charge on any atom is 0.255 e. The summed E-state index contributed by atoms with van der Waals surface area (Å²) in [5.74, 6) is 0.743. The second-order valence-corrected chi connectivity index (χ2v) is 6.79. The van der Waals surface area contributed by atoms with Crippen LogP contribution in [0.2, 0.25) is 5.02 Å². The number of anilines is 1. The first-order valence-corrected chi connectivity index (χ1v) is 8.45. The van der Waals surface area contributed by atoms with Gasteiger partial charge in [-0.25, -0.2) is 0 Å². The first kappa shape index (κ1) is 17.9. The molecule has 5 nitrogen and oxygen atoms in total. The highest BCUT2D eigenvalue weighted by Gasteiger charge is 2.23. The molecule has 3 N–H and O–H groups in total. The first-order valence-electron chi connectivity index (χ1n) is 8.07. The molecule has 1 heterocycles. The number of nitrogens with one attached hydrogen (secondary N) is 1. The lowest BCUT2D eigenvalue weighted by Crippen LogP contribution is -2.43. The number of benzene rings is 1. The highest BCUT2D eigenvalue weighted by Crippen LogP contribution is 2.28. The topological polar surface area (TPSA) is 67.6 Å². The maximum atomic E-state index is 12.4. The molecule has 0 spiro atoms. The number of amides is 1. The van der Waals surface area contributed by atoms with Gasteiger partial charge in [-0.15, -0.1) is 0 Å². The number of nitrogens with zero attached hydrogens (tertiary/aromatic N) is 1. The van der Waals surface area contributed by atoms with Gasteiger partial charge in [-0.3, -0.25) is 4.79 Å². The molecule has 1 amide bonds. The standard InChI is InChI=1S/C17H26ClN3O2/c1-11(2)21-6-4-5-12(10-21)9-20-17(22)13-7-14(18)15(19)8-16(13)23-3/h7-8,11-12H,4-6,9-10,19H2,1-3H3,(H,20,22). The maximum absolute atomic E-state index is 12.4. The summed E-state index contributed by atoms with van der Waals surface area (Å²) in [5, 5.41) is 3.37. The normalized spacial score (nSPS) is 18.9. The van der Waals surface area contributed by atoms with E-state index in [0.717, 1.165) is 19.5 Å². The molecule has 1 aromatic carbocycles. The van der Waals surface area contributed by atoms with Crippen molar-refractivity contribution in [3.63, 3.8) is 0 Å². The Balaban J connectivity index is 1.98. The van der Waals surface area contributed by atoms with Gasteiger partial charge >= 0.3 is 0 Å². The van der Waals surface area contributed by atoms with Gasteiger partial charge in [0, 0.05) is 25.2 Å². The van der Waals surface area contributed by atoms with E-state index in [1.807, 2.05) is 0 Å². The van der Waals surface area contributed by atoms with Crippen LogP contribution < -0.4 is 15.8 Å². The lowest BCUT2D eigenvalue weighted by Gasteiger charge is -2.35. The van der Waals surface area contributed by atoms with Crippen molar-refractivity contribution in [3.8, 4) is 5.75 Å². The van der Waals surface area contributed by atoms with Gasteiger partial charge < -0.3 is 20.7 Å². The summed E-state index contributed by atoms with van der Waals surface area (Å²) in [4.78, 5) is 14.9. The third-order valence-electron chi connectivity index (χ3n) is 4.40. The highest BCUT2D eigenvalue weighted by atomic mass is 35.5. The number of nitrogen functional groups attached to an aromatic ring is 1. The number of halogens is 1. The summed E-state index contributed by atoms with van der Waals surface area (Å²) in [5.41, 5.74) is 6.57. The lowest BCUT2D eigenvalue weighted by atomic mass is 9.97. The van der Waals surface area contributed by atoms with Crippen LogP contribution >= 0.6 is 11.6 Å². The molecule has 1 unspecified atom stereocenters. The molecular formula is C17H26ClN3O2. The molecule has 0 saturated carbocycles. The number of hydrogen-bond acceptors (Lipinski definition) is 4. The Morgan fingerprint density at radius 2 is 2.26 bits per heavy atom. The number of piperidine rings is 1. The second-order valence-electron chi connectivity index (χ2n) is 6.38. The predicted molar refractivity (Wildman–Crippen MR) is 94.2 cm³/mol. The molecule has 0 bridgehead atoms. The van der Waals surface area contributed by atoms with E-state index >= 15 is 0 Å². The number of ether oxygens (including phenoxy) is 1. The molecule has 1 aliphatic rings. The average Bonchev–Trinajstić information content (AvgIpc) is 2.54. The molecule has 0 radical (unpaired) electrons. The van der Waals surface area contributed by atoms with Crippen LogP contribution in [0.15, 0.2) is 12.1 Å². The zero-order valence-corrected chi connectivity index (χ0v) is 14.8. The largest absolute Gasteiger partial charge is 0.496 e. The van der Waals surface area contributed by atoms with Gasteiger partial charge in [0.1, 0.15) is 5.75 Å². The van der Waals surface area contributed by atoms with Crippen LogP contribution in [0.1, 0.15) is 37.0 Å². The Kier molecular flexibility index (Phi) is 6.13. The Morgan fingerprint density at radius 1 is 1.52 bits per heavy atom. The minimum absolute atomic E-state index is 0.176. The van der Waals surface area contributed by atoms with Crippen LogP contribution in [-0.4, -0.2) is 43.6 Å². The summed E-state index contributed by atoms with van der Waals surface area (Å²) >= 11 is 6.02. The monoisotopic (exact) mass is 339 g/mol. The molecule has 1 aliphatic heterocycles. The van der Waals surface area contributed by atoms with Crippen molar-refractivity contribution in [2.75, 3.05) is 32.5 Å². The van der Waals surface area contributed by atoms with Crippen LogP contribution in [0, 0.1) is 5.92 Å². The lowest BCUT2D eigenvalue weighted by molar-refractivity contribution is 0.0920. The molecule has 2 rings (SSSR count). The van der Waals surface area contributed by atoms with Gasteiger partial charge in [0.2, 0.25) is 0 Å². The van der Waals surface area contributed by atoms with Crippen molar-refractivity contribution in [3.05, 3.63) is 22.7 Å². The van der Waals surface area contributed by atoms with E-state index in [0.29, 0.717) is 40.5 Å². The van der Waals surface area contributed by atoms with Gasteiger partial charge in [0.05, 0.1) is 23.4 Å². The Labute approximate surface area is 143 Å². The smallest absolute Gasteiger partial charge is 0.255 e. The highest BCUT2D eigenvalue weighted by molar-refractivity contribution is 6.33. The van der Waals surface area contributed by atoms with Gasteiger partial charge in [0.25, 0.3) is 5.91 Å². The minimum Gasteiger partial charge on any atom is -0.496 e. The van der Waals surface area contributed by atoms with Crippen molar-refractivity contribution < 1.29 is 9.53 Å². The number of carbonyl (C=O) groups excluding carboxylic acids is 1. The fourth-order valence-electron chi connectivity index (χ4n) is 2.98. The predicted octanol–water partition coefficient (Wildman–Crippen LogP) is 2.78. The molecule has 23 heavy (non-hydrogen) atoms. The zero-order valence-electron chi connectivity index (χ0n) is 14.1. The van der Waals surface area contributed by atoms with Crippen molar-refractivity contribution >= 4 is 23.2 Å². The molecule has 6 heteroatoms. The van der Waals surface area contributed by atoms with Crippen molar-refractivity contribution in [2.24, 2.45) is 5.92 Å². The second kappa shape index (κ2) is 7.88. The van der Waals surface area contributed by atoms with E-state index in [2.05, 4.69) is 24.1 Å². The molecule has 1 aromatic rings. The summed E-state index contributed by atoms with van der Waals surface area (Å²) < 4.78 is 5.23. The number of carbonyl (C=O) groups is 1. The van der Waals surface area contributed by atoms with Crippen LogP contribution in [-0.2, 0) is 0 Å². The van der Waals surface area contributed by atoms with E-state index in [1.54, 1.807) is 12.1 Å². The molecule has 1 fully saturated rings. The van der Waals surface area contributed by atoms with Gasteiger partial charge in [-0.2, -0.15) is 0 Å². The van der Waals surface area contributed by atoms with Crippen LogP contribution in [0.3, 0.4) is 0 Å². The summed E-state index contributed by atoms with van der Waals surface area (Å²) in [6, 6.07) is 3.69. The van der Waals surface area contributed by atoms with Gasteiger partial charge in [0.15, 0.2) is 0 Å². The molecule has 1 saturated heterocycles. The number of likely N-dealkylation sites (tertiary alicyclic amines) is 1. The first-order chi connectivity index (χ1) is 10.9. The Morgan fingerprint density at radius 3 is 2.91 bits per heavy atom. The molecular weight excluding hydrogens is 314 g/mol. The third-order valence-corrected chi connectivity index (χ3v) is 4.72. The van der Waals surface area contributed by atoms with Crippen molar-refractivity contribution in [1.82, 2.24) is 10.2 Å². The van der Waals surface area contributed by atoms with Crippen molar-refractivity contribution in [2.45, 2.75) is 32.7 Å². The Hall–Kier alpha value is -1.46. The number of hydrogen-bond donors (Lipinski definition) is 2. The number of methoxy groups -OCH3 is 1. The molecule has 0 aromatic heterocycles. The van der Waals surface area contributed by atoms with E-state index in [-0.39, 0.29) is 5.91 Å². The fourth-order valence-corrected chi connectivity index (χ4v) is 3.14. The molecule has 0 aliphatic carbocycles. The molecule has 128 valence electrons. The van der Waals surface area contributed by atoms with Crippen molar-refractivity contribution in [1.29, 1.82) is 0 Å². The average molecular weight is 340 g/mol.